The zero-order valence-electron chi connectivity index (χ0n) is 14.0. The summed E-state index contributed by atoms with van der Waals surface area (Å²) in [6.45, 7) is 6.55. The van der Waals surface area contributed by atoms with Crippen molar-refractivity contribution in [2.75, 3.05) is 32.7 Å². The Labute approximate surface area is 145 Å². The van der Waals surface area contributed by atoms with Gasteiger partial charge in [0.05, 0.1) is 11.4 Å². The van der Waals surface area contributed by atoms with Gasteiger partial charge in [-0.3, -0.25) is 14.4 Å². The number of likely N-dealkylation sites (tertiary alicyclic amines) is 1. The molecular weight excluding hydrogens is 328 g/mol. The van der Waals surface area contributed by atoms with Crippen molar-refractivity contribution in [3.8, 4) is 0 Å². The Morgan fingerprint density at radius 1 is 1.33 bits per heavy atom. The van der Waals surface area contributed by atoms with E-state index < -0.39 is 0 Å². The molecule has 1 aromatic heterocycles. The smallest absolute Gasteiger partial charge is 0.273 e. The van der Waals surface area contributed by atoms with Crippen LogP contribution >= 0.6 is 11.3 Å². The van der Waals surface area contributed by atoms with Gasteiger partial charge in [-0.1, -0.05) is 0 Å². The van der Waals surface area contributed by atoms with Crippen LogP contribution < -0.4 is 0 Å². The number of hydrogen-bond donors (Lipinski definition) is 0. The maximum absolute atomic E-state index is 12.7. The van der Waals surface area contributed by atoms with Gasteiger partial charge in [0.1, 0.15) is 5.69 Å². The number of piperazine rings is 1. The largest absolute Gasteiger partial charge is 0.342 e. The third kappa shape index (κ3) is 3.15. The first-order valence-electron chi connectivity index (χ1n) is 8.27. The molecule has 0 saturated carbocycles. The first kappa shape index (κ1) is 16.9. The lowest BCUT2D eigenvalue weighted by Gasteiger charge is -2.40. The first-order chi connectivity index (χ1) is 11.5. The average Bonchev–Trinajstić information content (AvgIpc) is 3.23. The van der Waals surface area contributed by atoms with Crippen LogP contribution in [0.4, 0.5) is 0 Å². The Hall–Kier alpha value is -1.96. The van der Waals surface area contributed by atoms with Gasteiger partial charge in [0.2, 0.25) is 11.8 Å². The molecule has 2 aliphatic rings. The number of nitrogens with zero attached hydrogens (tertiary/aromatic N) is 4. The van der Waals surface area contributed by atoms with Gasteiger partial charge in [0.25, 0.3) is 5.91 Å². The summed E-state index contributed by atoms with van der Waals surface area (Å²) >= 11 is 1.40. The van der Waals surface area contributed by atoms with Crippen LogP contribution in [0.3, 0.4) is 0 Å². The molecule has 3 heterocycles. The van der Waals surface area contributed by atoms with Crippen molar-refractivity contribution in [1.82, 2.24) is 19.7 Å². The minimum atomic E-state index is -0.245. The van der Waals surface area contributed by atoms with Crippen LogP contribution in [0.1, 0.15) is 30.8 Å². The molecule has 0 aliphatic carbocycles. The zero-order chi connectivity index (χ0) is 17.3. The van der Waals surface area contributed by atoms with E-state index in [1.54, 1.807) is 25.6 Å². The highest BCUT2D eigenvalue weighted by molar-refractivity contribution is 7.07. The molecule has 7 nitrogen and oxygen atoms in total. The highest BCUT2D eigenvalue weighted by Crippen LogP contribution is 2.22. The molecule has 0 aromatic carbocycles. The molecule has 0 radical (unpaired) electrons. The topological polar surface area (TPSA) is 73.8 Å². The summed E-state index contributed by atoms with van der Waals surface area (Å²) in [6.07, 6.45) is 0.305. The molecule has 0 bridgehead atoms. The monoisotopic (exact) mass is 350 g/mol. The molecule has 24 heavy (non-hydrogen) atoms. The van der Waals surface area contributed by atoms with Crippen molar-refractivity contribution in [1.29, 1.82) is 0 Å². The molecule has 8 heteroatoms. The van der Waals surface area contributed by atoms with E-state index in [9.17, 15) is 14.4 Å². The molecule has 130 valence electrons. The fraction of sp³-hybridized carbons (Fsp3) is 0.625. The Kier molecular flexibility index (Phi) is 4.84. The fourth-order valence-electron chi connectivity index (χ4n) is 3.43. The quantitative estimate of drug-likeness (QED) is 0.804. The van der Waals surface area contributed by atoms with Gasteiger partial charge in [-0.15, -0.1) is 11.3 Å². The molecule has 2 saturated heterocycles. The molecule has 2 aliphatic heterocycles. The van der Waals surface area contributed by atoms with Crippen LogP contribution in [0.2, 0.25) is 0 Å². The van der Waals surface area contributed by atoms with E-state index in [1.807, 2.05) is 13.8 Å². The summed E-state index contributed by atoms with van der Waals surface area (Å²) in [6, 6.07) is -0.0590. The van der Waals surface area contributed by atoms with E-state index in [4.69, 9.17) is 0 Å². The van der Waals surface area contributed by atoms with Gasteiger partial charge in [0, 0.05) is 50.6 Å². The lowest BCUT2D eigenvalue weighted by molar-refractivity contribution is -0.138. The number of aromatic nitrogens is 1. The summed E-state index contributed by atoms with van der Waals surface area (Å²) in [7, 11) is 0. The second-order valence-corrected chi connectivity index (χ2v) is 7.06. The van der Waals surface area contributed by atoms with Crippen molar-refractivity contribution in [2.24, 2.45) is 5.92 Å². The Bertz CT molecular complexity index is 633. The number of amides is 3. The lowest BCUT2D eigenvalue weighted by Crippen LogP contribution is -2.56. The van der Waals surface area contributed by atoms with E-state index in [-0.39, 0.29) is 29.7 Å². The number of carbonyl (C=O) groups excluding carboxylic acids is 3. The van der Waals surface area contributed by atoms with Gasteiger partial charge < -0.3 is 14.7 Å². The molecule has 3 rings (SSSR count). The fourth-order valence-corrected chi connectivity index (χ4v) is 3.95. The lowest BCUT2D eigenvalue weighted by atomic mass is 10.1. The van der Waals surface area contributed by atoms with E-state index in [1.165, 1.54) is 11.3 Å². The molecule has 0 spiro atoms. The summed E-state index contributed by atoms with van der Waals surface area (Å²) in [4.78, 5) is 46.3. The molecule has 2 fully saturated rings. The maximum Gasteiger partial charge on any atom is 0.273 e. The van der Waals surface area contributed by atoms with Crippen LogP contribution in [0, 0.1) is 5.92 Å². The van der Waals surface area contributed by atoms with Crippen molar-refractivity contribution in [3.63, 3.8) is 0 Å². The van der Waals surface area contributed by atoms with Gasteiger partial charge >= 0.3 is 0 Å². The van der Waals surface area contributed by atoms with E-state index in [0.717, 1.165) is 0 Å². The third-order valence-corrected chi connectivity index (χ3v) is 5.38. The Morgan fingerprint density at radius 2 is 2.12 bits per heavy atom. The first-order valence-corrected chi connectivity index (χ1v) is 9.21. The number of rotatable bonds is 3. The summed E-state index contributed by atoms with van der Waals surface area (Å²) < 4.78 is 0. The van der Waals surface area contributed by atoms with Crippen molar-refractivity contribution in [3.05, 3.63) is 16.6 Å². The van der Waals surface area contributed by atoms with E-state index in [2.05, 4.69) is 4.98 Å². The van der Waals surface area contributed by atoms with Crippen molar-refractivity contribution >= 4 is 29.1 Å². The normalized spacial score (nSPS) is 24.6. The van der Waals surface area contributed by atoms with Crippen LogP contribution in [-0.4, -0.2) is 76.2 Å². The van der Waals surface area contributed by atoms with Crippen molar-refractivity contribution in [2.45, 2.75) is 26.3 Å². The molecule has 3 amide bonds. The number of hydrogen-bond acceptors (Lipinski definition) is 5. The average molecular weight is 350 g/mol. The standard InChI is InChI=1S/C16H22N4O3S/c1-3-18-8-12(6-14(18)21)15(22)19-4-5-20(11(2)7-19)16(23)13-9-24-10-17-13/h9-12H,3-8H2,1-2H3/t11-,12?/m0/s1. The van der Waals surface area contributed by atoms with Crippen LogP contribution in [0.25, 0.3) is 0 Å². The number of thiazole rings is 1. The van der Waals surface area contributed by atoms with Crippen LogP contribution in [0.15, 0.2) is 10.9 Å². The summed E-state index contributed by atoms with van der Waals surface area (Å²) in [5, 5.41) is 1.75. The van der Waals surface area contributed by atoms with Crippen molar-refractivity contribution < 1.29 is 14.4 Å². The predicted octanol–water partition coefficient (Wildman–Crippen LogP) is 0.684. The minimum Gasteiger partial charge on any atom is -0.342 e. The number of carbonyl (C=O) groups is 3. The van der Waals surface area contributed by atoms with Crippen LogP contribution in [-0.2, 0) is 9.59 Å². The summed E-state index contributed by atoms with van der Waals surface area (Å²) in [5.41, 5.74) is 2.11. The zero-order valence-corrected chi connectivity index (χ0v) is 14.8. The third-order valence-electron chi connectivity index (χ3n) is 4.80. The van der Waals surface area contributed by atoms with E-state index in [0.29, 0.717) is 44.8 Å². The highest BCUT2D eigenvalue weighted by Gasteiger charge is 2.38. The Balaban J connectivity index is 1.60. The van der Waals surface area contributed by atoms with Gasteiger partial charge in [-0.25, -0.2) is 4.98 Å². The van der Waals surface area contributed by atoms with Gasteiger partial charge in [-0.2, -0.15) is 0 Å². The molecular formula is C16H22N4O3S. The SMILES string of the molecule is CCN1CC(C(=O)N2CCN(C(=O)c3cscn3)[C@@H](C)C2)CC1=O. The molecule has 2 atom stereocenters. The predicted molar refractivity (Wildman–Crippen MR) is 89.6 cm³/mol. The Morgan fingerprint density at radius 3 is 2.71 bits per heavy atom. The molecule has 1 unspecified atom stereocenters. The molecule has 1 aromatic rings. The van der Waals surface area contributed by atoms with E-state index >= 15 is 0 Å². The maximum atomic E-state index is 12.7. The second kappa shape index (κ2) is 6.88. The summed E-state index contributed by atoms with van der Waals surface area (Å²) in [5.74, 6) is -0.234. The second-order valence-electron chi connectivity index (χ2n) is 6.34. The highest BCUT2D eigenvalue weighted by atomic mass is 32.1. The van der Waals surface area contributed by atoms with Crippen LogP contribution in [0.5, 0.6) is 0 Å². The molecule has 0 N–H and O–H groups in total. The van der Waals surface area contributed by atoms with Gasteiger partial charge in [-0.05, 0) is 13.8 Å². The minimum absolute atomic E-state index is 0.0342. The van der Waals surface area contributed by atoms with Gasteiger partial charge in [0.15, 0.2) is 0 Å².